The van der Waals surface area contributed by atoms with Crippen molar-refractivity contribution in [3.05, 3.63) is 60.2 Å². The van der Waals surface area contributed by atoms with Gasteiger partial charge in [0.15, 0.2) is 0 Å². The van der Waals surface area contributed by atoms with Crippen LogP contribution in [-0.2, 0) is 26.1 Å². The second-order valence-electron chi connectivity index (χ2n) is 8.05. The lowest BCUT2D eigenvalue weighted by Gasteiger charge is -2.29. The number of anilines is 1. The van der Waals surface area contributed by atoms with Gasteiger partial charge in [-0.05, 0) is 42.7 Å². The number of hydrogen-bond donors (Lipinski definition) is 0. The van der Waals surface area contributed by atoms with Gasteiger partial charge in [-0.2, -0.15) is 4.31 Å². The summed E-state index contributed by atoms with van der Waals surface area (Å²) in [7, 11) is -1.95. The minimum absolute atomic E-state index is 0.158. The fourth-order valence-corrected chi connectivity index (χ4v) is 5.91. The summed E-state index contributed by atoms with van der Waals surface area (Å²) in [5, 5.41) is 0. The summed E-state index contributed by atoms with van der Waals surface area (Å²) >= 11 is 0. The Morgan fingerprint density at radius 3 is 2.39 bits per heavy atom. The molecule has 1 unspecified atom stereocenters. The number of nitrogens with zero attached hydrogens (tertiary/aromatic N) is 3. The molecule has 2 aromatic carbocycles. The molecule has 0 spiro atoms. The van der Waals surface area contributed by atoms with Gasteiger partial charge in [-0.1, -0.05) is 30.3 Å². The molecule has 2 heterocycles. The van der Waals surface area contributed by atoms with E-state index in [1.54, 1.807) is 42.3 Å². The summed E-state index contributed by atoms with van der Waals surface area (Å²) in [4.78, 5) is 17.3. The average molecular weight is 444 g/mol. The predicted octanol–water partition coefficient (Wildman–Crippen LogP) is 2.33. The van der Waals surface area contributed by atoms with E-state index in [1.165, 1.54) is 4.31 Å². The molecule has 2 aliphatic rings. The van der Waals surface area contributed by atoms with E-state index in [0.29, 0.717) is 25.9 Å². The Morgan fingerprint density at radius 1 is 1.03 bits per heavy atom. The molecule has 4 rings (SSSR count). The number of hydrogen-bond acceptors (Lipinski definition) is 5. The van der Waals surface area contributed by atoms with Gasteiger partial charge >= 0.3 is 0 Å². The van der Waals surface area contributed by atoms with E-state index in [9.17, 15) is 13.2 Å². The minimum atomic E-state index is -3.69. The van der Waals surface area contributed by atoms with Gasteiger partial charge < -0.3 is 14.5 Å². The van der Waals surface area contributed by atoms with Gasteiger partial charge in [0.25, 0.3) is 0 Å². The summed E-state index contributed by atoms with van der Waals surface area (Å²) in [5.74, 6) is -0.158. The van der Waals surface area contributed by atoms with Crippen molar-refractivity contribution in [2.24, 2.45) is 0 Å². The number of sulfonamides is 1. The van der Waals surface area contributed by atoms with Crippen molar-refractivity contribution < 1.29 is 17.9 Å². The maximum Gasteiger partial charge on any atom is 0.243 e. The Labute approximate surface area is 184 Å². The summed E-state index contributed by atoms with van der Waals surface area (Å²) < 4.78 is 32.9. The van der Waals surface area contributed by atoms with Gasteiger partial charge in [-0.15, -0.1) is 0 Å². The number of likely N-dealkylation sites (N-methyl/N-ethyl adjacent to an activating group) is 1. The van der Waals surface area contributed by atoms with Crippen LogP contribution >= 0.6 is 0 Å². The first-order valence-electron chi connectivity index (χ1n) is 10.7. The van der Waals surface area contributed by atoms with Crippen LogP contribution in [0.1, 0.15) is 18.4 Å². The number of morpholine rings is 1. The first-order chi connectivity index (χ1) is 15.0. The van der Waals surface area contributed by atoms with Gasteiger partial charge in [-0.3, -0.25) is 4.79 Å². The minimum Gasteiger partial charge on any atom is -0.378 e. The van der Waals surface area contributed by atoms with E-state index in [0.717, 1.165) is 37.6 Å². The van der Waals surface area contributed by atoms with Crippen LogP contribution in [0.2, 0.25) is 0 Å². The normalized spacial score (nSPS) is 20.0. The van der Waals surface area contributed by atoms with Crippen LogP contribution in [0, 0.1) is 0 Å². The molecule has 2 fully saturated rings. The highest BCUT2D eigenvalue weighted by molar-refractivity contribution is 7.89. The highest BCUT2D eigenvalue weighted by Gasteiger charge is 2.40. The van der Waals surface area contributed by atoms with Crippen molar-refractivity contribution in [1.82, 2.24) is 9.21 Å². The van der Waals surface area contributed by atoms with Crippen LogP contribution in [0.4, 0.5) is 5.69 Å². The van der Waals surface area contributed by atoms with Crippen molar-refractivity contribution >= 4 is 21.6 Å². The maximum absolute atomic E-state index is 13.2. The molecule has 0 N–H and O–H groups in total. The Morgan fingerprint density at radius 2 is 1.71 bits per heavy atom. The van der Waals surface area contributed by atoms with Crippen LogP contribution in [0.15, 0.2) is 59.5 Å². The third-order valence-corrected chi connectivity index (χ3v) is 7.87. The number of rotatable bonds is 6. The van der Waals surface area contributed by atoms with E-state index in [-0.39, 0.29) is 10.8 Å². The van der Waals surface area contributed by atoms with Crippen molar-refractivity contribution in [2.75, 3.05) is 44.8 Å². The SMILES string of the molecule is CN(Cc1ccc(N2CCOCC2)cc1)C(=O)C1CCCN1S(=O)(=O)c1ccccc1. The summed E-state index contributed by atoms with van der Waals surface area (Å²) in [5.41, 5.74) is 2.17. The number of carbonyl (C=O) groups is 1. The van der Waals surface area contributed by atoms with Crippen molar-refractivity contribution in [3.63, 3.8) is 0 Å². The van der Waals surface area contributed by atoms with Crippen LogP contribution in [0.5, 0.6) is 0 Å². The van der Waals surface area contributed by atoms with Gasteiger partial charge in [-0.25, -0.2) is 8.42 Å². The molecule has 2 aliphatic heterocycles. The molecule has 2 aromatic rings. The van der Waals surface area contributed by atoms with Gasteiger partial charge in [0.2, 0.25) is 15.9 Å². The van der Waals surface area contributed by atoms with E-state index in [2.05, 4.69) is 17.0 Å². The number of amides is 1. The molecule has 166 valence electrons. The number of benzene rings is 2. The van der Waals surface area contributed by atoms with Gasteiger partial charge in [0, 0.05) is 38.9 Å². The molecule has 7 nitrogen and oxygen atoms in total. The quantitative estimate of drug-likeness (QED) is 0.685. The molecule has 0 bridgehead atoms. The van der Waals surface area contributed by atoms with E-state index in [1.807, 2.05) is 12.1 Å². The third-order valence-electron chi connectivity index (χ3n) is 5.95. The van der Waals surface area contributed by atoms with Crippen LogP contribution in [0.3, 0.4) is 0 Å². The van der Waals surface area contributed by atoms with Crippen LogP contribution in [0.25, 0.3) is 0 Å². The standard InChI is InChI=1S/C23H29N3O4S/c1-24(18-19-9-11-20(12-10-19)25-14-16-30-17-15-25)23(27)22-8-5-13-26(22)31(28,29)21-6-3-2-4-7-21/h2-4,6-7,9-12,22H,5,8,13-18H2,1H3. The second-order valence-corrected chi connectivity index (χ2v) is 9.94. The zero-order chi connectivity index (χ0) is 21.8. The lowest BCUT2D eigenvalue weighted by atomic mass is 10.1. The fourth-order valence-electron chi connectivity index (χ4n) is 4.24. The summed E-state index contributed by atoms with van der Waals surface area (Å²) in [6.45, 7) is 4.05. The zero-order valence-corrected chi connectivity index (χ0v) is 18.6. The fraction of sp³-hybridized carbons (Fsp3) is 0.435. The van der Waals surface area contributed by atoms with Gasteiger partial charge in [0.05, 0.1) is 18.1 Å². The lowest BCUT2D eigenvalue weighted by Crippen LogP contribution is -2.46. The third kappa shape index (κ3) is 4.76. The number of carbonyl (C=O) groups excluding carboxylic acids is 1. The molecule has 0 aliphatic carbocycles. The molecular weight excluding hydrogens is 414 g/mol. The average Bonchev–Trinajstić information content (AvgIpc) is 3.31. The smallest absolute Gasteiger partial charge is 0.243 e. The van der Waals surface area contributed by atoms with Gasteiger partial charge in [0.1, 0.15) is 6.04 Å². The molecule has 0 saturated carbocycles. The molecular formula is C23H29N3O4S. The van der Waals surface area contributed by atoms with Crippen LogP contribution in [-0.4, -0.2) is 69.5 Å². The monoisotopic (exact) mass is 443 g/mol. The summed E-state index contributed by atoms with van der Waals surface area (Å²) in [6, 6.07) is 15.9. The second kappa shape index (κ2) is 9.38. The molecule has 2 saturated heterocycles. The molecule has 8 heteroatoms. The van der Waals surface area contributed by atoms with E-state index < -0.39 is 16.1 Å². The molecule has 0 radical (unpaired) electrons. The van der Waals surface area contributed by atoms with E-state index >= 15 is 0 Å². The highest BCUT2D eigenvalue weighted by atomic mass is 32.2. The molecule has 31 heavy (non-hydrogen) atoms. The number of ether oxygens (including phenoxy) is 1. The van der Waals surface area contributed by atoms with Crippen molar-refractivity contribution in [1.29, 1.82) is 0 Å². The Hall–Kier alpha value is -2.42. The molecule has 1 atom stereocenters. The maximum atomic E-state index is 13.2. The Balaban J connectivity index is 1.42. The van der Waals surface area contributed by atoms with Crippen LogP contribution < -0.4 is 4.90 Å². The first-order valence-corrected chi connectivity index (χ1v) is 12.1. The first kappa shape index (κ1) is 21.8. The molecule has 1 amide bonds. The largest absolute Gasteiger partial charge is 0.378 e. The highest BCUT2D eigenvalue weighted by Crippen LogP contribution is 2.27. The Bertz CT molecular complexity index is 989. The Kier molecular flexibility index (Phi) is 6.60. The lowest BCUT2D eigenvalue weighted by molar-refractivity contribution is -0.133. The molecule has 0 aromatic heterocycles. The summed E-state index contributed by atoms with van der Waals surface area (Å²) in [6.07, 6.45) is 1.23. The van der Waals surface area contributed by atoms with Crippen molar-refractivity contribution in [3.8, 4) is 0 Å². The zero-order valence-electron chi connectivity index (χ0n) is 17.8. The van der Waals surface area contributed by atoms with Crippen molar-refractivity contribution in [2.45, 2.75) is 30.3 Å². The van der Waals surface area contributed by atoms with E-state index in [4.69, 9.17) is 4.74 Å². The predicted molar refractivity (Wildman–Crippen MR) is 119 cm³/mol. The topological polar surface area (TPSA) is 70.2 Å².